The average Bonchev–Trinajstić information content (AvgIpc) is 2.82. The molecule has 2 aromatic rings. The maximum absolute atomic E-state index is 5.63. The van der Waals surface area contributed by atoms with Crippen LogP contribution in [0.15, 0.2) is 28.9 Å². The number of ether oxygens (including phenoxy) is 1. The molecule has 0 atom stereocenters. The van der Waals surface area contributed by atoms with E-state index in [1.807, 2.05) is 18.4 Å². The first-order valence-electron chi connectivity index (χ1n) is 6.14. The molecule has 1 aromatic heterocycles. The molecule has 1 aliphatic rings. The number of hydrogen-bond acceptors (Lipinski definition) is 3. The Morgan fingerprint density at radius 3 is 2.88 bits per heavy atom. The highest BCUT2D eigenvalue weighted by molar-refractivity contribution is 5.83. The largest absolute Gasteiger partial charge is 0.497 e. The molecule has 3 rings (SSSR count). The third-order valence-corrected chi connectivity index (χ3v) is 3.59. The number of methoxy groups -OCH3 is 1. The fourth-order valence-electron chi connectivity index (χ4n) is 2.60. The van der Waals surface area contributed by atoms with E-state index in [0.717, 1.165) is 24.4 Å². The Morgan fingerprint density at radius 1 is 1.29 bits per heavy atom. The molecule has 1 saturated heterocycles. The van der Waals surface area contributed by atoms with Crippen LogP contribution in [0.2, 0.25) is 0 Å². The molecular formula is C14H17NO2. The quantitative estimate of drug-likeness (QED) is 0.863. The number of rotatable bonds is 2. The average molecular weight is 231 g/mol. The van der Waals surface area contributed by atoms with Crippen LogP contribution in [0.25, 0.3) is 11.0 Å². The molecule has 0 aliphatic carbocycles. The molecule has 0 spiro atoms. The van der Waals surface area contributed by atoms with Gasteiger partial charge in [0.05, 0.1) is 13.4 Å². The van der Waals surface area contributed by atoms with E-state index >= 15 is 0 Å². The van der Waals surface area contributed by atoms with Crippen molar-refractivity contribution in [2.24, 2.45) is 0 Å². The van der Waals surface area contributed by atoms with E-state index in [-0.39, 0.29) is 0 Å². The number of furan rings is 1. The van der Waals surface area contributed by atoms with Gasteiger partial charge < -0.3 is 14.5 Å². The summed E-state index contributed by atoms with van der Waals surface area (Å²) < 4.78 is 10.9. The van der Waals surface area contributed by atoms with Gasteiger partial charge in [-0.2, -0.15) is 0 Å². The van der Waals surface area contributed by atoms with Gasteiger partial charge in [-0.15, -0.1) is 0 Å². The van der Waals surface area contributed by atoms with Gasteiger partial charge in [-0.1, -0.05) is 0 Å². The summed E-state index contributed by atoms with van der Waals surface area (Å²) in [7, 11) is 1.70. The van der Waals surface area contributed by atoms with Crippen LogP contribution >= 0.6 is 0 Å². The number of nitrogens with one attached hydrogen (secondary N) is 1. The third kappa shape index (κ3) is 1.91. The lowest BCUT2D eigenvalue weighted by atomic mass is 9.90. The fraction of sp³-hybridized carbons (Fsp3) is 0.429. The summed E-state index contributed by atoms with van der Waals surface area (Å²) >= 11 is 0. The molecule has 0 bridgehead atoms. The summed E-state index contributed by atoms with van der Waals surface area (Å²) in [5, 5.41) is 4.60. The van der Waals surface area contributed by atoms with Crippen molar-refractivity contribution in [1.29, 1.82) is 0 Å². The summed E-state index contributed by atoms with van der Waals surface area (Å²) in [4.78, 5) is 0. The van der Waals surface area contributed by atoms with Crippen LogP contribution in [0.3, 0.4) is 0 Å². The number of benzene rings is 1. The van der Waals surface area contributed by atoms with Gasteiger partial charge in [-0.05, 0) is 50.0 Å². The van der Waals surface area contributed by atoms with Gasteiger partial charge in [-0.25, -0.2) is 0 Å². The highest BCUT2D eigenvalue weighted by Gasteiger charge is 2.19. The topological polar surface area (TPSA) is 34.4 Å². The summed E-state index contributed by atoms with van der Waals surface area (Å²) in [6.45, 7) is 2.20. The molecule has 3 heteroatoms. The summed E-state index contributed by atoms with van der Waals surface area (Å²) in [5.41, 5.74) is 2.29. The molecule has 0 unspecified atom stereocenters. The Balaban J connectivity index is 2.02. The first-order valence-corrected chi connectivity index (χ1v) is 6.14. The molecule has 0 saturated carbocycles. The highest BCUT2D eigenvalue weighted by Crippen LogP contribution is 2.34. The van der Waals surface area contributed by atoms with Crippen LogP contribution in [-0.2, 0) is 0 Å². The fourth-order valence-corrected chi connectivity index (χ4v) is 2.60. The molecule has 1 fully saturated rings. The standard InChI is InChI=1S/C14H17NO2/c1-16-11-2-3-14-12(8-11)13(9-17-14)10-4-6-15-7-5-10/h2-3,8-10,15H,4-7H2,1H3. The van der Waals surface area contributed by atoms with E-state index in [1.165, 1.54) is 23.8 Å². The molecule has 1 N–H and O–H groups in total. The summed E-state index contributed by atoms with van der Waals surface area (Å²) in [5.74, 6) is 1.51. The van der Waals surface area contributed by atoms with E-state index in [9.17, 15) is 0 Å². The van der Waals surface area contributed by atoms with E-state index in [0.29, 0.717) is 5.92 Å². The lowest BCUT2D eigenvalue weighted by molar-refractivity contribution is 0.415. The first-order chi connectivity index (χ1) is 8.38. The first kappa shape index (κ1) is 10.7. The highest BCUT2D eigenvalue weighted by atomic mass is 16.5. The zero-order valence-electron chi connectivity index (χ0n) is 10.0. The number of fused-ring (bicyclic) bond motifs is 1. The predicted octanol–water partition coefficient (Wildman–Crippen LogP) is 2.91. The van der Waals surface area contributed by atoms with Gasteiger partial charge in [0.25, 0.3) is 0 Å². The normalized spacial score (nSPS) is 17.5. The van der Waals surface area contributed by atoms with Crippen LogP contribution in [0.1, 0.15) is 24.3 Å². The lowest BCUT2D eigenvalue weighted by Gasteiger charge is -2.21. The second kappa shape index (κ2) is 4.41. The SMILES string of the molecule is COc1ccc2occ(C3CCNCC3)c2c1. The molecule has 0 radical (unpaired) electrons. The molecule has 17 heavy (non-hydrogen) atoms. The predicted molar refractivity (Wildman–Crippen MR) is 67.6 cm³/mol. The van der Waals surface area contributed by atoms with E-state index in [4.69, 9.17) is 9.15 Å². The monoisotopic (exact) mass is 231 g/mol. The Morgan fingerprint density at radius 2 is 2.12 bits per heavy atom. The zero-order chi connectivity index (χ0) is 11.7. The van der Waals surface area contributed by atoms with Crippen molar-refractivity contribution in [3.8, 4) is 5.75 Å². The van der Waals surface area contributed by atoms with Gasteiger partial charge in [0, 0.05) is 10.9 Å². The number of hydrogen-bond donors (Lipinski definition) is 1. The second-order valence-electron chi connectivity index (χ2n) is 4.58. The van der Waals surface area contributed by atoms with Gasteiger partial charge >= 0.3 is 0 Å². The molecule has 1 aliphatic heterocycles. The van der Waals surface area contributed by atoms with Gasteiger partial charge in [0.15, 0.2) is 0 Å². The summed E-state index contributed by atoms with van der Waals surface area (Å²) in [6, 6.07) is 6.01. The van der Waals surface area contributed by atoms with Crippen LogP contribution in [-0.4, -0.2) is 20.2 Å². The van der Waals surface area contributed by atoms with Crippen molar-refractivity contribution in [3.05, 3.63) is 30.0 Å². The van der Waals surface area contributed by atoms with E-state index in [2.05, 4.69) is 11.4 Å². The zero-order valence-corrected chi connectivity index (χ0v) is 10.0. The number of piperidine rings is 1. The smallest absolute Gasteiger partial charge is 0.134 e. The van der Waals surface area contributed by atoms with Gasteiger partial charge in [0.2, 0.25) is 0 Å². The van der Waals surface area contributed by atoms with Crippen LogP contribution in [0.5, 0.6) is 5.75 Å². The van der Waals surface area contributed by atoms with Crippen molar-refractivity contribution in [1.82, 2.24) is 5.32 Å². The van der Waals surface area contributed by atoms with Crippen molar-refractivity contribution in [2.75, 3.05) is 20.2 Å². The van der Waals surface area contributed by atoms with Crippen molar-refractivity contribution in [2.45, 2.75) is 18.8 Å². The molecular weight excluding hydrogens is 214 g/mol. The molecule has 3 nitrogen and oxygen atoms in total. The third-order valence-electron chi connectivity index (χ3n) is 3.59. The maximum atomic E-state index is 5.63. The van der Waals surface area contributed by atoms with Gasteiger partial charge in [0.1, 0.15) is 11.3 Å². The van der Waals surface area contributed by atoms with Crippen molar-refractivity contribution >= 4 is 11.0 Å². The minimum atomic E-state index is 0.615. The van der Waals surface area contributed by atoms with Gasteiger partial charge in [-0.3, -0.25) is 0 Å². The molecule has 90 valence electrons. The molecule has 1 aromatic carbocycles. The Kier molecular flexibility index (Phi) is 2.77. The maximum Gasteiger partial charge on any atom is 0.134 e. The Hall–Kier alpha value is -1.48. The van der Waals surface area contributed by atoms with Crippen LogP contribution in [0, 0.1) is 0 Å². The van der Waals surface area contributed by atoms with E-state index < -0.39 is 0 Å². The Bertz CT molecular complexity index is 512. The minimum Gasteiger partial charge on any atom is -0.497 e. The lowest BCUT2D eigenvalue weighted by Crippen LogP contribution is -2.26. The second-order valence-corrected chi connectivity index (χ2v) is 4.58. The minimum absolute atomic E-state index is 0.615. The molecule has 0 amide bonds. The van der Waals surface area contributed by atoms with Crippen molar-refractivity contribution < 1.29 is 9.15 Å². The summed E-state index contributed by atoms with van der Waals surface area (Å²) in [6.07, 6.45) is 4.29. The molecule has 2 heterocycles. The van der Waals surface area contributed by atoms with Crippen LogP contribution in [0.4, 0.5) is 0 Å². The van der Waals surface area contributed by atoms with E-state index in [1.54, 1.807) is 7.11 Å². The van der Waals surface area contributed by atoms with Crippen molar-refractivity contribution in [3.63, 3.8) is 0 Å². The Labute approximate surface area is 101 Å². The van der Waals surface area contributed by atoms with Crippen LogP contribution < -0.4 is 10.1 Å².